The van der Waals surface area contributed by atoms with Gasteiger partial charge in [-0.3, -0.25) is 0 Å². The van der Waals surface area contributed by atoms with E-state index in [2.05, 4.69) is 15.3 Å². The molecule has 18 heavy (non-hydrogen) atoms. The molecule has 0 unspecified atom stereocenters. The maximum Gasteiger partial charge on any atom is 0.218 e. The van der Waals surface area contributed by atoms with E-state index in [1.54, 1.807) is 0 Å². The Kier molecular flexibility index (Phi) is 3.34. The first-order valence-electron chi connectivity index (χ1n) is 5.05. The first-order chi connectivity index (χ1) is 8.72. The fraction of sp³-hybridized carbons (Fsp3) is 0.0833. The second-order valence-corrected chi connectivity index (χ2v) is 3.38. The van der Waals surface area contributed by atoms with E-state index in [0.29, 0.717) is 11.7 Å². The number of nitrogens with zero attached hydrogens (tertiary/aromatic N) is 3. The Morgan fingerprint density at radius 2 is 2.17 bits per heavy atom. The maximum atomic E-state index is 13.6. The summed E-state index contributed by atoms with van der Waals surface area (Å²) in [6.45, 7) is 0. The summed E-state index contributed by atoms with van der Waals surface area (Å²) in [6.07, 6.45) is 1.31. The zero-order valence-corrected chi connectivity index (χ0v) is 9.51. The number of hydrogen-bond acceptors (Lipinski definition) is 5. The van der Waals surface area contributed by atoms with E-state index in [1.807, 2.05) is 6.07 Å². The zero-order chi connectivity index (χ0) is 13.0. The minimum atomic E-state index is -0.522. The number of nitriles is 1. The molecule has 1 heterocycles. The van der Waals surface area contributed by atoms with E-state index in [0.717, 1.165) is 6.07 Å². The van der Waals surface area contributed by atoms with Gasteiger partial charge >= 0.3 is 0 Å². The van der Waals surface area contributed by atoms with Crippen LogP contribution < -0.4 is 10.1 Å². The normalized spacial score (nSPS) is 9.61. The number of ether oxygens (including phenoxy) is 1. The molecular formula is C12H9FN4O. The molecule has 6 heteroatoms. The van der Waals surface area contributed by atoms with Gasteiger partial charge in [0.2, 0.25) is 5.88 Å². The third-order valence-electron chi connectivity index (χ3n) is 2.21. The highest BCUT2D eigenvalue weighted by Gasteiger charge is 2.05. The third-order valence-corrected chi connectivity index (χ3v) is 2.21. The third kappa shape index (κ3) is 2.52. The molecule has 0 spiro atoms. The van der Waals surface area contributed by atoms with Crippen molar-refractivity contribution in [3.8, 4) is 11.9 Å². The van der Waals surface area contributed by atoms with Gasteiger partial charge in [0.25, 0.3) is 0 Å². The van der Waals surface area contributed by atoms with Crippen molar-refractivity contribution in [1.82, 2.24) is 9.97 Å². The molecule has 0 amide bonds. The Morgan fingerprint density at radius 3 is 2.83 bits per heavy atom. The largest absolute Gasteiger partial charge is 0.481 e. The topological polar surface area (TPSA) is 70.8 Å². The van der Waals surface area contributed by atoms with Gasteiger partial charge in [0.05, 0.1) is 24.4 Å². The van der Waals surface area contributed by atoms with Crippen molar-refractivity contribution in [2.45, 2.75) is 0 Å². The molecule has 1 N–H and O–H groups in total. The highest BCUT2D eigenvalue weighted by atomic mass is 19.1. The van der Waals surface area contributed by atoms with Gasteiger partial charge in [-0.1, -0.05) is 0 Å². The van der Waals surface area contributed by atoms with Crippen LogP contribution in [-0.2, 0) is 0 Å². The summed E-state index contributed by atoms with van der Waals surface area (Å²) in [4.78, 5) is 7.77. The second-order valence-electron chi connectivity index (χ2n) is 3.38. The number of hydrogen-bond donors (Lipinski definition) is 1. The first-order valence-corrected chi connectivity index (χ1v) is 5.05. The van der Waals surface area contributed by atoms with E-state index in [1.165, 1.54) is 31.6 Å². The van der Waals surface area contributed by atoms with Crippen LogP contribution in [0.15, 0.2) is 30.6 Å². The molecule has 0 saturated heterocycles. The van der Waals surface area contributed by atoms with Crippen LogP contribution in [0, 0.1) is 17.1 Å². The summed E-state index contributed by atoms with van der Waals surface area (Å²) in [6, 6.07) is 7.55. The Bertz CT molecular complexity index is 609. The first kappa shape index (κ1) is 11.8. The van der Waals surface area contributed by atoms with Crippen molar-refractivity contribution in [2.75, 3.05) is 12.4 Å². The quantitative estimate of drug-likeness (QED) is 0.896. The molecule has 0 saturated carbocycles. The minimum Gasteiger partial charge on any atom is -0.481 e. The molecule has 2 rings (SSSR count). The van der Waals surface area contributed by atoms with Crippen LogP contribution in [0.3, 0.4) is 0 Å². The molecule has 0 radical (unpaired) electrons. The summed E-state index contributed by atoms with van der Waals surface area (Å²) in [5.41, 5.74) is 0.494. The second kappa shape index (κ2) is 5.10. The van der Waals surface area contributed by atoms with Gasteiger partial charge in [-0.25, -0.2) is 14.4 Å². The van der Waals surface area contributed by atoms with E-state index in [4.69, 9.17) is 10.00 Å². The molecule has 0 aliphatic heterocycles. The highest BCUT2D eigenvalue weighted by molar-refractivity contribution is 5.58. The van der Waals surface area contributed by atoms with Gasteiger partial charge in [0.15, 0.2) is 0 Å². The number of benzene rings is 1. The van der Waals surface area contributed by atoms with Gasteiger partial charge in [0.1, 0.15) is 18.0 Å². The Labute approximate surface area is 103 Å². The van der Waals surface area contributed by atoms with Crippen molar-refractivity contribution in [2.24, 2.45) is 0 Å². The van der Waals surface area contributed by atoms with Crippen molar-refractivity contribution in [1.29, 1.82) is 5.26 Å². The Hall–Kier alpha value is -2.68. The summed E-state index contributed by atoms with van der Waals surface area (Å²) in [5.74, 6) is 0.263. The van der Waals surface area contributed by atoms with Crippen LogP contribution >= 0.6 is 0 Å². The summed E-state index contributed by atoms with van der Waals surface area (Å²) < 4.78 is 18.5. The fourth-order valence-corrected chi connectivity index (χ4v) is 1.34. The molecule has 2 aromatic rings. The lowest BCUT2D eigenvalue weighted by molar-refractivity contribution is 0.397. The number of halogens is 1. The average Bonchev–Trinajstić information content (AvgIpc) is 2.41. The number of aromatic nitrogens is 2. The van der Waals surface area contributed by atoms with E-state index in [-0.39, 0.29) is 11.3 Å². The summed E-state index contributed by atoms with van der Waals surface area (Å²) >= 11 is 0. The van der Waals surface area contributed by atoms with Crippen LogP contribution in [-0.4, -0.2) is 17.1 Å². The fourth-order valence-electron chi connectivity index (χ4n) is 1.34. The van der Waals surface area contributed by atoms with Crippen LogP contribution in [0.5, 0.6) is 5.88 Å². The van der Waals surface area contributed by atoms with E-state index in [9.17, 15) is 4.39 Å². The lowest BCUT2D eigenvalue weighted by Gasteiger charge is -2.07. The van der Waals surface area contributed by atoms with Gasteiger partial charge in [-0.2, -0.15) is 5.26 Å². The van der Waals surface area contributed by atoms with Crippen molar-refractivity contribution < 1.29 is 9.13 Å². The molecule has 0 atom stereocenters. The molecule has 0 fully saturated rings. The predicted molar refractivity (Wildman–Crippen MR) is 63.0 cm³/mol. The number of nitrogens with one attached hydrogen (secondary N) is 1. The van der Waals surface area contributed by atoms with Crippen LogP contribution in [0.1, 0.15) is 5.56 Å². The molecule has 1 aromatic carbocycles. The van der Waals surface area contributed by atoms with Crippen molar-refractivity contribution in [3.63, 3.8) is 0 Å². The smallest absolute Gasteiger partial charge is 0.218 e. The van der Waals surface area contributed by atoms with E-state index >= 15 is 0 Å². The molecule has 0 aliphatic rings. The standard InChI is InChI=1S/C12H9FN4O/c1-18-12-5-11(15-7-16-12)17-10-3-2-8(6-14)4-9(10)13/h2-5,7H,1H3,(H,15,16,17). The Balaban J connectivity index is 2.26. The van der Waals surface area contributed by atoms with Gasteiger partial charge in [0, 0.05) is 6.07 Å². The minimum absolute atomic E-state index is 0.231. The lowest BCUT2D eigenvalue weighted by atomic mass is 10.2. The van der Waals surface area contributed by atoms with Gasteiger partial charge in [-0.05, 0) is 18.2 Å². The lowest BCUT2D eigenvalue weighted by Crippen LogP contribution is -1.98. The number of rotatable bonds is 3. The summed E-state index contributed by atoms with van der Waals surface area (Å²) in [5, 5.41) is 11.4. The molecule has 0 aliphatic carbocycles. The SMILES string of the molecule is COc1cc(Nc2ccc(C#N)cc2F)ncn1. The van der Waals surface area contributed by atoms with Crippen LogP contribution in [0.25, 0.3) is 0 Å². The number of anilines is 2. The predicted octanol–water partition coefficient (Wildman–Crippen LogP) is 2.24. The Morgan fingerprint density at radius 1 is 1.33 bits per heavy atom. The molecular weight excluding hydrogens is 235 g/mol. The van der Waals surface area contributed by atoms with Crippen molar-refractivity contribution in [3.05, 3.63) is 42.0 Å². The maximum absolute atomic E-state index is 13.6. The summed E-state index contributed by atoms with van der Waals surface area (Å²) in [7, 11) is 1.48. The molecule has 1 aromatic heterocycles. The molecule has 0 bridgehead atoms. The van der Waals surface area contributed by atoms with Crippen LogP contribution in [0.4, 0.5) is 15.9 Å². The zero-order valence-electron chi connectivity index (χ0n) is 9.51. The average molecular weight is 244 g/mol. The van der Waals surface area contributed by atoms with E-state index < -0.39 is 5.82 Å². The van der Waals surface area contributed by atoms with Gasteiger partial charge in [-0.15, -0.1) is 0 Å². The van der Waals surface area contributed by atoms with Crippen molar-refractivity contribution >= 4 is 11.5 Å². The molecule has 90 valence electrons. The molecule has 5 nitrogen and oxygen atoms in total. The highest BCUT2D eigenvalue weighted by Crippen LogP contribution is 2.20. The number of methoxy groups -OCH3 is 1. The monoisotopic (exact) mass is 244 g/mol. The van der Waals surface area contributed by atoms with Gasteiger partial charge < -0.3 is 10.1 Å². The van der Waals surface area contributed by atoms with Crippen LogP contribution in [0.2, 0.25) is 0 Å².